The lowest BCUT2D eigenvalue weighted by Crippen LogP contribution is -2.37. The Balaban J connectivity index is 3.82. The third-order valence-electron chi connectivity index (χ3n) is 2.87. The van der Waals surface area contributed by atoms with Gasteiger partial charge in [-0.1, -0.05) is 27.7 Å². The van der Waals surface area contributed by atoms with Crippen LogP contribution in [0.15, 0.2) is 0 Å². The largest absolute Gasteiger partial charge is 0.313 e. The minimum absolute atomic E-state index is 0.308. The highest BCUT2D eigenvalue weighted by atomic mass is 14.9. The molecule has 13 heavy (non-hydrogen) atoms. The van der Waals surface area contributed by atoms with Crippen LogP contribution < -0.4 is 5.32 Å². The minimum atomic E-state index is 0.308. The van der Waals surface area contributed by atoms with Crippen LogP contribution in [0.2, 0.25) is 0 Å². The van der Waals surface area contributed by atoms with Crippen molar-refractivity contribution < 1.29 is 0 Å². The van der Waals surface area contributed by atoms with Gasteiger partial charge in [-0.3, -0.25) is 0 Å². The van der Waals surface area contributed by atoms with Gasteiger partial charge in [0.05, 0.1) is 12.5 Å². The fourth-order valence-corrected chi connectivity index (χ4v) is 0.851. The lowest BCUT2D eigenvalue weighted by molar-refractivity contribution is 0.230. The quantitative estimate of drug-likeness (QED) is 0.709. The molecule has 0 radical (unpaired) electrons. The van der Waals surface area contributed by atoms with Crippen molar-refractivity contribution in [1.29, 1.82) is 5.26 Å². The van der Waals surface area contributed by atoms with Crippen LogP contribution in [0.5, 0.6) is 0 Å². The SMILES string of the molecule is CC(CC#N)NCC(C)(C)C(C)C. The Morgan fingerprint density at radius 1 is 1.31 bits per heavy atom. The van der Waals surface area contributed by atoms with Gasteiger partial charge in [0, 0.05) is 12.6 Å². The van der Waals surface area contributed by atoms with Gasteiger partial charge in [-0.05, 0) is 18.3 Å². The van der Waals surface area contributed by atoms with E-state index in [1.807, 2.05) is 0 Å². The molecule has 0 aromatic carbocycles. The zero-order valence-electron chi connectivity index (χ0n) is 9.52. The molecule has 0 aliphatic carbocycles. The first-order valence-corrected chi connectivity index (χ1v) is 5.00. The highest BCUT2D eigenvalue weighted by molar-refractivity contribution is 4.81. The average Bonchev–Trinajstić information content (AvgIpc) is 2.01. The second-order valence-corrected chi connectivity index (χ2v) is 4.79. The normalized spacial score (nSPS) is 14.2. The maximum atomic E-state index is 8.49. The van der Waals surface area contributed by atoms with E-state index in [4.69, 9.17) is 5.26 Å². The summed E-state index contributed by atoms with van der Waals surface area (Å²) in [6, 6.07) is 2.48. The highest BCUT2D eigenvalue weighted by Gasteiger charge is 2.22. The molecule has 0 bridgehead atoms. The van der Waals surface area contributed by atoms with Gasteiger partial charge in [0.25, 0.3) is 0 Å². The van der Waals surface area contributed by atoms with Crippen molar-refractivity contribution in [2.45, 2.75) is 47.1 Å². The summed E-state index contributed by atoms with van der Waals surface area (Å²) in [5.74, 6) is 0.661. The summed E-state index contributed by atoms with van der Waals surface area (Å²) in [7, 11) is 0. The van der Waals surface area contributed by atoms with Gasteiger partial charge in [0.15, 0.2) is 0 Å². The first-order valence-electron chi connectivity index (χ1n) is 5.00. The third kappa shape index (κ3) is 4.90. The molecular formula is C11H22N2. The number of nitrogens with zero attached hydrogens (tertiary/aromatic N) is 1. The first-order chi connectivity index (χ1) is 5.90. The molecule has 0 aliphatic heterocycles. The zero-order chi connectivity index (χ0) is 10.5. The number of rotatable bonds is 5. The molecule has 0 fully saturated rings. The van der Waals surface area contributed by atoms with Gasteiger partial charge in [0.1, 0.15) is 0 Å². The summed E-state index contributed by atoms with van der Waals surface area (Å²) in [5.41, 5.74) is 0.309. The minimum Gasteiger partial charge on any atom is -0.313 e. The summed E-state index contributed by atoms with van der Waals surface area (Å²) in [6.07, 6.45) is 0.591. The van der Waals surface area contributed by atoms with E-state index in [-0.39, 0.29) is 0 Å². The summed E-state index contributed by atoms with van der Waals surface area (Å²) < 4.78 is 0. The molecule has 76 valence electrons. The molecule has 0 aromatic heterocycles. The highest BCUT2D eigenvalue weighted by Crippen LogP contribution is 2.24. The fourth-order valence-electron chi connectivity index (χ4n) is 0.851. The number of nitrogens with one attached hydrogen (secondary N) is 1. The smallest absolute Gasteiger partial charge is 0.0638 e. The summed E-state index contributed by atoms with van der Waals surface area (Å²) in [6.45, 7) is 12.0. The molecule has 1 atom stereocenters. The third-order valence-corrected chi connectivity index (χ3v) is 2.87. The Bertz CT molecular complexity index is 177. The van der Waals surface area contributed by atoms with Crippen LogP contribution in [-0.4, -0.2) is 12.6 Å². The van der Waals surface area contributed by atoms with Crippen LogP contribution in [-0.2, 0) is 0 Å². The van der Waals surface area contributed by atoms with Crippen LogP contribution in [0, 0.1) is 22.7 Å². The molecule has 1 unspecified atom stereocenters. The van der Waals surface area contributed by atoms with E-state index >= 15 is 0 Å². The van der Waals surface area contributed by atoms with E-state index < -0.39 is 0 Å². The van der Waals surface area contributed by atoms with Crippen molar-refractivity contribution in [3.8, 4) is 6.07 Å². The number of nitriles is 1. The summed E-state index contributed by atoms with van der Waals surface area (Å²) in [5, 5.41) is 11.9. The molecule has 0 spiro atoms. The van der Waals surface area contributed by atoms with E-state index in [1.54, 1.807) is 0 Å². The predicted molar refractivity (Wildman–Crippen MR) is 56.3 cm³/mol. The number of hydrogen-bond acceptors (Lipinski definition) is 2. The molecule has 0 saturated carbocycles. The van der Waals surface area contributed by atoms with Gasteiger partial charge in [-0.25, -0.2) is 0 Å². The van der Waals surface area contributed by atoms with Crippen LogP contribution in [0.1, 0.15) is 41.0 Å². The Labute approximate surface area is 82.3 Å². The Hall–Kier alpha value is -0.550. The molecular weight excluding hydrogens is 160 g/mol. The van der Waals surface area contributed by atoms with E-state index in [0.717, 1.165) is 6.54 Å². The average molecular weight is 182 g/mol. The summed E-state index contributed by atoms with van der Waals surface area (Å²) in [4.78, 5) is 0. The molecule has 2 heteroatoms. The molecule has 0 rings (SSSR count). The maximum absolute atomic E-state index is 8.49. The molecule has 0 heterocycles. The molecule has 0 saturated heterocycles. The van der Waals surface area contributed by atoms with Crippen LogP contribution in [0.3, 0.4) is 0 Å². The lowest BCUT2D eigenvalue weighted by atomic mass is 9.81. The van der Waals surface area contributed by atoms with Crippen molar-refractivity contribution in [2.24, 2.45) is 11.3 Å². The molecule has 0 aliphatic rings. The van der Waals surface area contributed by atoms with Crippen molar-refractivity contribution in [2.75, 3.05) is 6.54 Å². The standard InChI is InChI=1S/C11H22N2/c1-9(2)11(4,5)8-13-10(3)6-7-12/h9-10,13H,6,8H2,1-5H3. The fraction of sp³-hybridized carbons (Fsp3) is 0.909. The van der Waals surface area contributed by atoms with E-state index in [0.29, 0.717) is 23.8 Å². The zero-order valence-corrected chi connectivity index (χ0v) is 9.52. The number of hydrogen-bond donors (Lipinski definition) is 1. The van der Waals surface area contributed by atoms with E-state index in [1.165, 1.54) is 0 Å². The molecule has 0 amide bonds. The Morgan fingerprint density at radius 3 is 2.23 bits per heavy atom. The lowest BCUT2D eigenvalue weighted by Gasteiger charge is -2.30. The van der Waals surface area contributed by atoms with E-state index in [2.05, 4.69) is 46.0 Å². The van der Waals surface area contributed by atoms with Crippen molar-refractivity contribution in [3.05, 3.63) is 0 Å². The summed E-state index contributed by atoms with van der Waals surface area (Å²) >= 11 is 0. The van der Waals surface area contributed by atoms with Crippen molar-refractivity contribution in [3.63, 3.8) is 0 Å². The topological polar surface area (TPSA) is 35.8 Å². The van der Waals surface area contributed by atoms with Crippen LogP contribution in [0.25, 0.3) is 0 Å². The van der Waals surface area contributed by atoms with Gasteiger partial charge in [-0.15, -0.1) is 0 Å². The second kappa shape index (κ2) is 5.24. The molecule has 0 aromatic rings. The maximum Gasteiger partial charge on any atom is 0.0638 e. The van der Waals surface area contributed by atoms with Crippen molar-refractivity contribution >= 4 is 0 Å². The van der Waals surface area contributed by atoms with Crippen molar-refractivity contribution in [1.82, 2.24) is 5.32 Å². The Kier molecular flexibility index (Phi) is 5.02. The monoisotopic (exact) mass is 182 g/mol. The van der Waals surface area contributed by atoms with Gasteiger partial charge >= 0.3 is 0 Å². The van der Waals surface area contributed by atoms with Crippen LogP contribution in [0.4, 0.5) is 0 Å². The van der Waals surface area contributed by atoms with Gasteiger partial charge in [0.2, 0.25) is 0 Å². The van der Waals surface area contributed by atoms with Crippen LogP contribution >= 0.6 is 0 Å². The van der Waals surface area contributed by atoms with Gasteiger partial charge in [-0.2, -0.15) is 5.26 Å². The molecule has 1 N–H and O–H groups in total. The first kappa shape index (κ1) is 12.4. The van der Waals surface area contributed by atoms with E-state index in [9.17, 15) is 0 Å². The second-order valence-electron chi connectivity index (χ2n) is 4.79. The molecule has 2 nitrogen and oxygen atoms in total. The Morgan fingerprint density at radius 2 is 1.85 bits per heavy atom. The van der Waals surface area contributed by atoms with Gasteiger partial charge < -0.3 is 5.32 Å². The predicted octanol–water partition coefficient (Wildman–Crippen LogP) is 2.56.